The van der Waals surface area contributed by atoms with E-state index in [-0.39, 0.29) is 49.9 Å². The van der Waals surface area contributed by atoms with Gasteiger partial charge in [-0.2, -0.15) is 12.9 Å². The van der Waals surface area contributed by atoms with Crippen molar-refractivity contribution in [3.05, 3.63) is 45.8 Å². The number of hydrogen-bond donors (Lipinski definition) is 7. The fourth-order valence-corrected chi connectivity index (χ4v) is 10.5. The van der Waals surface area contributed by atoms with Gasteiger partial charge in [0, 0.05) is 43.9 Å². The molecule has 4 unspecified atom stereocenters. The summed E-state index contributed by atoms with van der Waals surface area (Å²) in [6, 6.07) is 5.80. The first-order chi connectivity index (χ1) is 26.8. The Hall–Kier alpha value is -1.93. The van der Waals surface area contributed by atoms with Gasteiger partial charge in [-0.05, 0) is 56.2 Å². The Morgan fingerprint density at radius 2 is 1.47 bits per heavy atom. The zero-order valence-electron chi connectivity index (χ0n) is 31.0. The van der Waals surface area contributed by atoms with Crippen LogP contribution in [0.3, 0.4) is 0 Å². The van der Waals surface area contributed by atoms with Gasteiger partial charge >= 0.3 is 36.8 Å². The third kappa shape index (κ3) is 19.8. The highest BCUT2D eigenvalue weighted by atomic mass is 31.3. The molecule has 1 amide bonds. The maximum atomic E-state index is 12.5. The van der Waals surface area contributed by atoms with Crippen molar-refractivity contribution in [1.82, 2.24) is 10.4 Å². The predicted octanol–water partition coefficient (Wildman–Crippen LogP) is 4.23. The number of ketones is 1. The van der Waals surface area contributed by atoms with Crippen molar-refractivity contribution in [2.24, 2.45) is 0 Å². The predicted molar refractivity (Wildman–Crippen MR) is 203 cm³/mol. The number of phosphoric ester groups is 1. The number of aliphatic hydroxyl groups is 1. The minimum absolute atomic E-state index is 0.0109. The number of benzene rings is 1. The van der Waals surface area contributed by atoms with Crippen LogP contribution in [0.1, 0.15) is 93.0 Å². The molecular formula is C31H49BN2O19P4. The molecule has 2 aromatic rings. The van der Waals surface area contributed by atoms with E-state index < -0.39 is 55.6 Å². The molecule has 1 fully saturated rings. The van der Waals surface area contributed by atoms with E-state index in [4.69, 9.17) is 21.7 Å². The molecule has 0 aliphatic carbocycles. The number of nitrogens with one attached hydrogen (secondary N) is 2. The molecule has 6 atom stereocenters. The molecule has 7 N–H and O–H groups in total. The number of phosphoric acid groups is 3. The lowest BCUT2D eigenvalue weighted by molar-refractivity contribution is -0.122. The first-order valence-electron chi connectivity index (χ1n) is 18.1. The summed E-state index contributed by atoms with van der Waals surface area (Å²) in [7, 11) is -16.5. The average Bonchev–Trinajstić information content (AvgIpc) is 3.53. The highest BCUT2D eigenvalue weighted by Crippen LogP contribution is 2.70. The number of fused-ring (bicyclic) bond motifs is 1. The maximum Gasteiger partial charge on any atom is 0.490 e. The van der Waals surface area contributed by atoms with Crippen molar-refractivity contribution < 1.29 is 83.9 Å². The number of unbranched alkanes of at least 4 members (excludes halogenated alkanes) is 6. The van der Waals surface area contributed by atoms with Crippen LogP contribution in [0.15, 0.2) is 33.5 Å². The number of carbonyl (C=O) groups excluding carboxylic acids is 2. The average molecular weight is 888 g/mol. The van der Waals surface area contributed by atoms with Gasteiger partial charge in [-0.1, -0.05) is 37.8 Å². The van der Waals surface area contributed by atoms with Gasteiger partial charge in [-0.25, -0.2) is 28.1 Å². The number of Topliss-reactive ketones (excluding diaryl/α,β-unsaturated/α-hetero) is 1. The van der Waals surface area contributed by atoms with Crippen molar-refractivity contribution in [3.63, 3.8) is 0 Å². The number of rotatable bonds is 29. The third-order valence-corrected chi connectivity index (χ3v) is 14.2. The first-order valence-corrected chi connectivity index (χ1v) is 24.2. The number of carbonyl (C=O) groups is 2. The van der Waals surface area contributed by atoms with Gasteiger partial charge in [-0.15, -0.1) is 0 Å². The summed E-state index contributed by atoms with van der Waals surface area (Å²) >= 11 is 0. The second-order valence-electron chi connectivity index (χ2n) is 12.9. The molecule has 26 heteroatoms. The van der Waals surface area contributed by atoms with Gasteiger partial charge in [0.1, 0.15) is 19.0 Å². The van der Waals surface area contributed by atoms with E-state index in [0.29, 0.717) is 87.5 Å². The van der Waals surface area contributed by atoms with Crippen molar-refractivity contribution in [1.29, 1.82) is 0 Å². The highest BCUT2D eigenvalue weighted by molar-refractivity contribution is 7.70. The summed E-state index contributed by atoms with van der Waals surface area (Å²) in [5, 5.41) is 14.6. The number of hydrogen-bond acceptors (Lipinski definition) is 15. The summed E-state index contributed by atoms with van der Waals surface area (Å²) in [4.78, 5) is 75.6. The molecule has 1 aliphatic rings. The van der Waals surface area contributed by atoms with Gasteiger partial charge in [0.05, 0.1) is 25.9 Å². The minimum Gasteiger partial charge on any atom is -0.422 e. The van der Waals surface area contributed by atoms with Crippen LogP contribution in [0.5, 0.6) is 0 Å². The number of amides is 1. The standard InChI is InChI=1S/C31H49BN2O19P4/c32-29-13-12-25(49-29)22-48-55(41,42)52-57(45,46)53-56(43,44)51-54(39,40)34-16-7-3-1-2-6-15-33-30(37)14-18-47-17-8-4-5-9-27(36)26-20-24-11-10-23(21-35)19-28(24)50-31(26)38/h10-11,19-20,25,29,35H,1-9,12-18,21-22H2,(H,33,37)(H,41,42)(H,43,44)(H,45,46)(H2,34,39,40)/t25-,29+/m0/s1. The highest BCUT2D eigenvalue weighted by Gasteiger charge is 2.45. The lowest BCUT2D eigenvalue weighted by Crippen LogP contribution is -2.25. The zero-order chi connectivity index (χ0) is 42.1. The van der Waals surface area contributed by atoms with Gasteiger partial charge in [-0.3, -0.25) is 14.1 Å². The van der Waals surface area contributed by atoms with Crippen molar-refractivity contribution >= 4 is 61.7 Å². The summed E-state index contributed by atoms with van der Waals surface area (Å²) in [5.74, 6) is -0.493. The molecule has 57 heavy (non-hydrogen) atoms. The van der Waals surface area contributed by atoms with Gasteiger partial charge < -0.3 is 43.9 Å². The molecule has 3 rings (SSSR count). The smallest absolute Gasteiger partial charge is 0.422 e. The van der Waals surface area contributed by atoms with Crippen LogP contribution >= 0.6 is 31.2 Å². The van der Waals surface area contributed by atoms with E-state index in [1.54, 1.807) is 18.2 Å². The molecule has 1 saturated heterocycles. The van der Waals surface area contributed by atoms with Gasteiger partial charge in [0.15, 0.2) is 5.78 Å². The van der Waals surface area contributed by atoms with Crippen LogP contribution in [0, 0.1) is 0 Å². The SMILES string of the molecule is [B][C@H]1CC[C@@H](COP(=O)(O)OP(=O)(O)OP(=O)(O)OP(=O)(O)NCCCCCCCNC(=O)CCOCCCCCC(=O)c2cc3ccc(CO)cc3oc2=O)O1. The molecular weight excluding hydrogens is 839 g/mol. The van der Waals surface area contributed by atoms with Crippen molar-refractivity contribution in [3.8, 4) is 0 Å². The minimum atomic E-state index is -5.84. The van der Waals surface area contributed by atoms with Gasteiger partial charge in [0.25, 0.3) is 0 Å². The second kappa shape index (κ2) is 23.8. The maximum absolute atomic E-state index is 12.5. The topological polar surface area (TPSA) is 313 Å². The molecule has 0 spiro atoms. The summed E-state index contributed by atoms with van der Waals surface area (Å²) in [5.41, 5.74) is 0.171. The number of aliphatic hydroxyl groups excluding tert-OH is 1. The Bertz CT molecular complexity index is 1880. The molecule has 1 aromatic heterocycles. The molecule has 21 nitrogen and oxygen atoms in total. The molecule has 2 radical (unpaired) electrons. The van der Waals surface area contributed by atoms with Gasteiger partial charge in [0.2, 0.25) is 5.91 Å². The number of ether oxygens (including phenoxy) is 2. The Labute approximate surface area is 329 Å². The lowest BCUT2D eigenvalue weighted by Gasteiger charge is -2.20. The fraction of sp³-hybridized carbons (Fsp3) is 0.645. The van der Waals surface area contributed by atoms with Crippen LogP contribution in [-0.4, -0.2) is 89.2 Å². The Morgan fingerprint density at radius 3 is 2.18 bits per heavy atom. The zero-order valence-corrected chi connectivity index (χ0v) is 34.6. The molecule has 320 valence electrons. The van der Waals surface area contributed by atoms with Crippen LogP contribution in [0.2, 0.25) is 0 Å². The van der Waals surface area contributed by atoms with Crippen LogP contribution in [0.4, 0.5) is 0 Å². The van der Waals surface area contributed by atoms with E-state index in [2.05, 4.69) is 22.8 Å². The molecule has 1 aromatic carbocycles. The van der Waals surface area contributed by atoms with E-state index >= 15 is 0 Å². The van der Waals surface area contributed by atoms with Crippen molar-refractivity contribution in [2.45, 2.75) is 95.8 Å². The molecule has 0 saturated carbocycles. The fourth-order valence-electron chi connectivity index (χ4n) is 5.35. The monoisotopic (exact) mass is 888 g/mol. The largest absolute Gasteiger partial charge is 0.490 e. The first kappa shape index (κ1) is 49.4. The molecule has 2 heterocycles. The Kier molecular flexibility index (Phi) is 20.6. The Balaban J connectivity index is 1.16. The van der Waals surface area contributed by atoms with E-state index in [9.17, 15) is 57.3 Å². The van der Waals surface area contributed by atoms with E-state index in [1.165, 1.54) is 6.07 Å². The second-order valence-corrected chi connectivity index (χ2v) is 19.3. The summed E-state index contributed by atoms with van der Waals surface area (Å²) in [6.45, 7) is 0.135. The van der Waals surface area contributed by atoms with Crippen LogP contribution in [-0.2, 0) is 56.6 Å². The normalized spacial score (nSPS) is 20.0. The third-order valence-electron chi connectivity index (χ3n) is 8.13. The molecule has 1 aliphatic heterocycles. The summed E-state index contributed by atoms with van der Waals surface area (Å²) in [6.07, 6.45) is 5.28. The summed E-state index contributed by atoms with van der Waals surface area (Å²) < 4.78 is 80.4. The van der Waals surface area contributed by atoms with E-state index in [1.807, 2.05) is 5.09 Å². The van der Waals surface area contributed by atoms with Crippen molar-refractivity contribution in [2.75, 3.05) is 32.9 Å². The van der Waals surface area contributed by atoms with Crippen LogP contribution < -0.4 is 16.0 Å². The molecule has 0 bridgehead atoms. The quantitative estimate of drug-likeness (QED) is 0.0198. The lowest BCUT2D eigenvalue weighted by atomic mass is 9.97. The van der Waals surface area contributed by atoms with E-state index in [0.717, 1.165) is 6.42 Å². The Morgan fingerprint density at radius 1 is 0.807 bits per heavy atom. The van der Waals surface area contributed by atoms with Crippen LogP contribution in [0.25, 0.3) is 11.0 Å².